The number of hydrogen-bond donors (Lipinski definition) is 1. The van der Waals surface area contributed by atoms with Gasteiger partial charge in [-0.25, -0.2) is 0 Å². The van der Waals surface area contributed by atoms with E-state index in [0.29, 0.717) is 18.8 Å². The Kier molecular flexibility index (Phi) is 6.81. The maximum atomic E-state index is 12.6. The number of rotatable bonds is 4. The van der Waals surface area contributed by atoms with Crippen LogP contribution in [0.3, 0.4) is 0 Å². The maximum Gasteiger partial charge on any atom is 0.246 e. The highest BCUT2D eigenvalue weighted by molar-refractivity contribution is 7.99. The molecule has 0 bridgehead atoms. The summed E-state index contributed by atoms with van der Waals surface area (Å²) in [6.07, 6.45) is 2.32. The number of likely N-dealkylation sites (tertiary alicyclic amines) is 1. The zero-order valence-electron chi connectivity index (χ0n) is 12.8. The summed E-state index contributed by atoms with van der Waals surface area (Å²) in [5, 5.41) is 0. The van der Waals surface area contributed by atoms with Gasteiger partial charge in [0.15, 0.2) is 0 Å². The van der Waals surface area contributed by atoms with Crippen LogP contribution in [0.1, 0.15) is 33.1 Å². The van der Waals surface area contributed by atoms with E-state index in [1.54, 1.807) is 16.7 Å². The molecule has 2 unspecified atom stereocenters. The Labute approximate surface area is 137 Å². The van der Waals surface area contributed by atoms with Crippen molar-refractivity contribution >= 4 is 36.0 Å². The number of nitrogens with zero attached hydrogens (tertiary/aromatic N) is 2. The molecule has 0 aliphatic carbocycles. The van der Waals surface area contributed by atoms with Crippen LogP contribution in [-0.2, 0) is 9.59 Å². The van der Waals surface area contributed by atoms with Crippen molar-refractivity contribution in [1.82, 2.24) is 9.80 Å². The number of carbonyl (C=O) groups excluding carboxylic acids is 2. The fraction of sp³-hybridized carbons (Fsp3) is 0.857. The average Bonchev–Trinajstić information content (AvgIpc) is 3.05. The first-order valence-electron chi connectivity index (χ1n) is 7.37. The SMILES string of the molecule is CCCC(=O)N1CSCC1C(=O)N1CCC(C)(CN)C1.Cl. The Bertz CT molecular complexity index is 396. The van der Waals surface area contributed by atoms with Crippen LogP contribution in [0.4, 0.5) is 0 Å². The lowest BCUT2D eigenvalue weighted by Crippen LogP contribution is -2.49. The first kappa shape index (κ1) is 18.6. The molecule has 0 aromatic carbocycles. The van der Waals surface area contributed by atoms with Gasteiger partial charge >= 0.3 is 0 Å². The van der Waals surface area contributed by atoms with Crippen LogP contribution in [0.2, 0.25) is 0 Å². The van der Waals surface area contributed by atoms with E-state index in [-0.39, 0.29) is 35.7 Å². The molecule has 2 N–H and O–H groups in total. The zero-order chi connectivity index (χ0) is 14.8. The largest absolute Gasteiger partial charge is 0.340 e. The van der Waals surface area contributed by atoms with Crippen molar-refractivity contribution in [1.29, 1.82) is 0 Å². The molecule has 0 radical (unpaired) electrons. The number of hydrogen-bond acceptors (Lipinski definition) is 4. The lowest BCUT2D eigenvalue weighted by Gasteiger charge is -2.28. The minimum Gasteiger partial charge on any atom is -0.340 e. The van der Waals surface area contributed by atoms with E-state index in [1.807, 2.05) is 11.8 Å². The van der Waals surface area contributed by atoms with E-state index in [9.17, 15) is 9.59 Å². The smallest absolute Gasteiger partial charge is 0.246 e. The number of nitrogens with two attached hydrogens (primary N) is 1. The minimum absolute atomic E-state index is 0. The van der Waals surface area contributed by atoms with Gasteiger partial charge in [-0.05, 0) is 24.8 Å². The first-order chi connectivity index (χ1) is 9.50. The van der Waals surface area contributed by atoms with Gasteiger partial charge in [0.1, 0.15) is 6.04 Å². The third kappa shape index (κ3) is 4.05. The normalized spacial score (nSPS) is 28.6. The second kappa shape index (κ2) is 7.70. The Morgan fingerprint density at radius 2 is 2.14 bits per heavy atom. The summed E-state index contributed by atoms with van der Waals surface area (Å²) in [6, 6.07) is -0.265. The number of halogens is 1. The molecule has 5 nitrogen and oxygen atoms in total. The minimum atomic E-state index is -0.265. The standard InChI is InChI=1S/C14H25N3O2S.ClH/c1-3-4-12(18)17-10-20-7-11(17)13(19)16-6-5-14(2,8-15)9-16;/h11H,3-10,15H2,1-2H3;1H. The fourth-order valence-electron chi connectivity index (χ4n) is 2.84. The van der Waals surface area contributed by atoms with Gasteiger partial charge in [-0.1, -0.05) is 13.8 Å². The van der Waals surface area contributed by atoms with Crippen LogP contribution in [0.15, 0.2) is 0 Å². The van der Waals surface area contributed by atoms with Gasteiger partial charge in [0.2, 0.25) is 11.8 Å². The van der Waals surface area contributed by atoms with Crippen molar-refractivity contribution in [3.63, 3.8) is 0 Å². The van der Waals surface area contributed by atoms with Crippen LogP contribution < -0.4 is 5.73 Å². The molecular weight excluding hydrogens is 310 g/mol. The van der Waals surface area contributed by atoms with Crippen molar-refractivity contribution in [2.24, 2.45) is 11.1 Å². The zero-order valence-corrected chi connectivity index (χ0v) is 14.5. The molecule has 0 spiro atoms. The summed E-state index contributed by atoms with van der Waals surface area (Å²) < 4.78 is 0. The lowest BCUT2D eigenvalue weighted by molar-refractivity contribution is -0.143. The highest BCUT2D eigenvalue weighted by Crippen LogP contribution is 2.31. The molecule has 2 fully saturated rings. The van der Waals surface area contributed by atoms with Crippen LogP contribution in [0.5, 0.6) is 0 Å². The topological polar surface area (TPSA) is 66.6 Å². The van der Waals surface area contributed by atoms with E-state index >= 15 is 0 Å². The molecule has 21 heavy (non-hydrogen) atoms. The third-order valence-electron chi connectivity index (χ3n) is 4.31. The van der Waals surface area contributed by atoms with Crippen molar-refractivity contribution in [3.8, 4) is 0 Å². The van der Waals surface area contributed by atoms with Gasteiger partial charge in [-0.15, -0.1) is 24.2 Å². The Hall–Kier alpha value is -0.460. The Morgan fingerprint density at radius 3 is 2.71 bits per heavy atom. The monoisotopic (exact) mass is 335 g/mol. The molecule has 2 saturated heterocycles. The summed E-state index contributed by atoms with van der Waals surface area (Å²) in [5.74, 6) is 1.59. The van der Waals surface area contributed by atoms with Gasteiger partial charge < -0.3 is 15.5 Å². The summed E-state index contributed by atoms with van der Waals surface area (Å²) in [7, 11) is 0. The molecule has 0 aromatic rings. The quantitative estimate of drug-likeness (QED) is 0.841. The number of thioether (sulfide) groups is 1. The van der Waals surface area contributed by atoms with Gasteiger partial charge in [0, 0.05) is 25.3 Å². The highest BCUT2D eigenvalue weighted by Gasteiger charge is 2.41. The Morgan fingerprint density at radius 1 is 1.43 bits per heavy atom. The molecule has 2 atom stereocenters. The van der Waals surface area contributed by atoms with Crippen LogP contribution >= 0.6 is 24.2 Å². The van der Waals surface area contributed by atoms with E-state index in [0.717, 1.165) is 31.7 Å². The molecule has 0 saturated carbocycles. The van der Waals surface area contributed by atoms with E-state index in [1.165, 1.54) is 0 Å². The predicted molar refractivity (Wildman–Crippen MR) is 88.5 cm³/mol. The van der Waals surface area contributed by atoms with Crippen LogP contribution in [0, 0.1) is 5.41 Å². The predicted octanol–water partition coefficient (Wildman–Crippen LogP) is 1.31. The summed E-state index contributed by atoms with van der Waals surface area (Å²) >= 11 is 1.67. The lowest BCUT2D eigenvalue weighted by atomic mass is 9.90. The van der Waals surface area contributed by atoms with Crippen molar-refractivity contribution in [3.05, 3.63) is 0 Å². The van der Waals surface area contributed by atoms with Crippen LogP contribution in [0.25, 0.3) is 0 Å². The van der Waals surface area contributed by atoms with Crippen molar-refractivity contribution < 1.29 is 9.59 Å². The molecule has 2 aliphatic rings. The molecule has 7 heteroatoms. The Balaban J connectivity index is 0.00000220. The third-order valence-corrected chi connectivity index (χ3v) is 5.33. The van der Waals surface area contributed by atoms with E-state index in [4.69, 9.17) is 5.73 Å². The average molecular weight is 336 g/mol. The maximum absolute atomic E-state index is 12.6. The summed E-state index contributed by atoms with van der Waals surface area (Å²) in [4.78, 5) is 28.4. The first-order valence-corrected chi connectivity index (χ1v) is 8.52. The van der Waals surface area contributed by atoms with Gasteiger partial charge in [0.05, 0.1) is 5.88 Å². The summed E-state index contributed by atoms with van der Waals surface area (Å²) in [6.45, 7) is 6.21. The van der Waals surface area contributed by atoms with Gasteiger partial charge in [0.25, 0.3) is 0 Å². The molecular formula is C14H26ClN3O2S. The summed E-state index contributed by atoms with van der Waals surface area (Å²) in [5.41, 5.74) is 5.83. The second-order valence-corrected chi connectivity index (χ2v) is 7.15. The number of carbonyl (C=O) groups is 2. The van der Waals surface area contributed by atoms with E-state index in [2.05, 4.69) is 6.92 Å². The molecule has 122 valence electrons. The highest BCUT2D eigenvalue weighted by atomic mass is 35.5. The fourth-order valence-corrected chi connectivity index (χ4v) is 4.01. The van der Waals surface area contributed by atoms with Gasteiger partial charge in [-0.3, -0.25) is 9.59 Å². The van der Waals surface area contributed by atoms with E-state index < -0.39 is 0 Å². The van der Waals surface area contributed by atoms with Crippen LogP contribution in [-0.4, -0.2) is 58.9 Å². The van der Waals surface area contributed by atoms with Crippen molar-refractivity contribution in [2.45, 2.75) is 39.2 Å². The molecule has 2 rings (SSSR count). The number of amides is 2. The molecule has 0 aromatic heterocycles. The second-order valence-electron chi connectivity index (χ2n) is 6.15. The molecule has 2 aliphatic heterocycles. The van der Waals surface area contributed by atoms with Crippen molar-refractivity contribution in [2.75, 3.05) is 31.3 Å². The molecule has 2 amide bonds. The van der Waals surface area contributed by atoms with Gasteiger partial charge in [-0.2, -0.15) is 0 Å². The molecule has 2 heterocycles.